The van der Waals surface area contributed by atoms with Crippen molar-refractivity contribution in [2.24, 2.45) is 5.73 Å². The van der Waals surface area contributed by atoms with Crippen LogP contribution in [-0.2, 0) is 4.79 Å². The first kappa shape index (κ1) is 13.8. The van der Waals surface area contributed by atoms with Crippen LogP contribution in [0.1, 0.15) is 13.8 Å². The summed E-state index contributed by atoms with van der Waals surface area (Å²) in [5.41, 5.74) is 5.49. The molecular formula is C12H17N5OS. The molecule has 6 nitrogen and oxygen atoms in total. The zero-order valence-corrected chi connectivity index (χ0v) is 11.8. The fourth-order valence-corrected chi connectivity index (χ4v) is 2.78. The van der Waals surface area contributed by atoms with Crippen LogP contribution in [0.2, 0.25) is 0 Å². The molecule has 2 rings (SSSR count). The summed E-state index contributed by atoms with van der Waals surface area (Å²) in [5, 5.41) is 12.0. The molecule has 19 heavy (non-hydrogen) atoms. The fourth-order valence-electron chi connectivity index (χ4n) is 1.73. The van der Waals surface area contributed by atoms with Gasteiger partial charge in [0.1, 0.15) is 5.54 Å². The van der Waals surface area contributed by atoms with Crippen LogP contribution in [0.5, 0.6) is 0 Å². The number of hydrogen-bond acceptors (Lipinski definition) is 5. The van der Waals surface area contributed by atoms with Crippen LogP contribution < -0.4 is 11.1 Å². The maximum Gasteiger partial charge on any atom is 0.238 e. The Labute approximate surface area is 115 Å². The first-order valence-corrected chi connectivity index (χ1v) is 7.03. The summed E-state index contributed by atoms with van der Waals surface area (Å²) in [6.45, 7) is 4.42. The second-order valence-electron chi connectivity index (χ2n) is 4.43. The van der Waals surface area contributed by atoms with E-state index in [4.69, 9.17) is 5.73 Å². The van der Waals surface area contributed by atoms with Crippen LogP contribution in [0, 0.1) is 0 Å². The van der Waals surface area contributed by atoms with Crippen LogP contribution in [0.3, 0.4) is 0 Å². The van der Waals surface area contributed by atoms with Gasteiger partial charge in [0.05, 0.1) is 0 Å². The summed E-state index contributed by atoms with van der Waals surface area (Å²) in [5.74, 6) is 0.141. The van der Waals surface area contributed by atoms with Gasteiger partial charge in [-0.05, 0) is 25.6 Å². The van der Waals surface area contributed by atoms with Gasteiger partial charge in [-0.2, -0.15) is 0 Å². The van der Waals surface area contributed by atoms with Crippen LogP contribution in [0.4, 0.5) is 0 Å². The van der Waals surface area contributed by atoms with E-state index < -0.39 is 5.54 Å². The van der Waals surface area contributed by atoms with Gasteiger partial charge in [-0.15, -0.1) is 10.2 Å². The zero-order valence-electron chi connectivity index (χ0n) is 11.0. The Morgan fingerprint density at radius 1 is 1.53 bits per heavy atom. The van der Waals surface area contributed by atoms with Gasteiger partial charge >= 0.3 is 0 Å². The van der Waals surface area contributed by atoms with Crippen molar-refractivity contribution in [2.75, 3.05) is 12.3 Å². The van der Waals surface area contributed by atoms with E-state index in [1.54, 1.807) is 6.92 Å². The molecule has 2 heterocycles. The average Bonchev–Trinajstić information content (AvgIpc) is 2.80. The Balaban J connectivity index is 2.15. The van der Waals surface area contributed by atoms with E-state index in [2.05, 4.69) is 15.5 Å². The Bertz CT molecular complexity index is 584. The molecule has 0 bridgehead atoms. The van der Waals surface area contributed by atoms with E-state index in [0.29, 0.717) is 12.3 Å². The van der Waals surface area contributed by atoms with E-state index in [1.165, 1.54) is 11.8 Å². The first-order chi connectivity index (χ1) is 9.07. The minimum Gasteiger partial charge on any atom is -0.368 e. The van der Waals surface area contributed by atoms with Gasteiger partial charge in [0.2, 0.25) is 5.91 Å². The number of nitrogens with one attached hydrogen (secondary N) is 1. The SMILES string of the molecule is CCNC(C)(CSc1nnc2ccccn12)C(N)=O. The lowest BCUT2D eigenvalue weighted by atomic mass is 10.1. The van der Waals surface area contributed by atoms with Crippen molar-refractivity contribution in [3.8, 4) is 0 Å². The molecule has 0 fully saturated rings. The number of carbonyl (C=O) groups excluding carboxylic acids is 1. The van der Waals surface area contributed by atoms with E-state index in [1.807, 2.05) is 35.7 Å². The van der Waals surface area contributed by atoms with Gasteiger partial charge in [-0.25, -0.2) is 0 Å². The molecule has 0 spiro atoms. The molecule has 3 N–H and O–H groups in total. The van der Waals surface area contributed by atoms with E-state index in [0.717, 1.165) is 10.8 Å². The second kappa shape index (κ2) is 5.58. The molecule has 1 amide bonds. The van der Waals surface area contributed by atoms with E-state index in [-0.39, 0.29) is 5.91 Å². The Morgan fingerprint density at radius 3 is 3.00 bits per heavy atom. The summed E-state index contributed by atoms with van der Waals surface area (Å²) in [6, 6.07) is 5.71. The number of rotatable bonds is 6. The minimum atomic E-state index is -0.750. The summed E-state index contributed by atoms with van der Waals surface area (Å²) in [6.07, 6.45) is 1.90. The number of nitrogens with two attached hydrogens (primary N) is 1. The Kier molecular flexibility index (Phi) is 4.06. The number of thioether (sulfide) groups is 1. The molecule has 1 atom stereocenters. The highest BCUT2D eigenvalue weighted by Crippen LogP contribution is 2.21. The fraction of sp³-hybridized carbons (Fsp3) is 0.417. The number of aromatic nitrogens is 3. The quantitative estimate of drug-likeness (QED) is 0.759. The van der Waals surface area contributed by atoms with Crippen LogP contribution in [-0.4, -0.2) is 38.3 Å². The van der Waals surface area contributed by atoms with Crippen molar-refractivity contribution >= 4 is 23.3 Å². The van der Waals surface area contributed by atoms with Gasteiger partial charge in [0.25, 0.3) is 0 Å². The third-order valence-corrected chi connectivity index (χ3v) is 4.14. The van der Waals surface area contributed by atoms with Crippen molar-refractivity contribution in [3.63, 3.8) is 0 Å². The van der Waals surface area contributed by atoms with Gasteiger partial charge < -0.3 is 11.1 Å². The number of carbonyl (C=O) groups is 1. The average molecular weight is 279 g/mol. The summed E-state index contributed by atoms with van der Waals surface area (Å²) in [7, 11) is 0. The molecule has 0 saturated carbocycles. The zero-order chi connectivity index (χ0) is 13.9. The standard InChI is InChI=1S/C12H17N5OS/c1-3-14-12(2,10(13)18)8-19-11-16-15-9-6-4-5-7-17(9)11/h4-7,14H,3,8H2,1-2H3,(H2,13,18). The maximum absolute atomic E-state index is 11.5. The van der Waals surface area contributed by atoms with Crippen molar-refractivity contribution in [1.29, 1.82) is 0 Å². The van der Waals surface area contributed by atoms with Gasteiger partial charge in [-0.3, -0.25) is 9.20 Å². The highest BCUT2D eigenvalue weighted by atomic mass is 32.2. The number of likely N-dealkylation sites (N-methyl/N-ethyl adjacent to an activating group) is 1. The highest BCUT2D eigenvalue weighted by molar-refractivity contribution is 7.99. The molecule has 1 unspecified atom stereocenters. The largest absolute Gasteiger partial charge is 0.368 e. The van der Waals surface area contributed by atoms with Crippen LogP contribution in [0.25, 0.3) is 5.65 Å². The molecule has 0 radical (unpaired) electrons. The van der Waals surface area contributed by atoms with Crippen molar-refractivity contribution < 1.29 is 4.79 Å². The van der Waals surface area contributed by atoms with Crippen molar-refractivity contribution in [3.05, 3.63) is 24.4 Å². The normalized spacial score (nSPS) is 14.4. The second-order valence-corrected chi connectivity index (χ2v) is 5.37. The molecule has 0 aromatic carbocycles. The van der Waals surface area contributed by atoms with Crippen molar-refractivity contribution in [1.82, 2.24) is 19.9 Å². The smallest absolute Gasteiger partial charge is 0.238 e. The summed E-state index contributed by atoms with van der Waals surface area (Å²) in [4.78, 5) is 11.5. The molecular weight excluding hydrogens is 262 g/mol. The van der Waals surface area contributed by atoms with E-state index >= 15 is 0 Å². The monoisotopic (exact) mass is 279 g/mol. The maximum atomic E-state index is 11.5. The Morgan fingerprint density at radius 2 is 2.32 bits per heavy atom. The predicted octanol–water partition coefficient (Wildman–Crippen LogP) is 0.675. The predicted molar refractivity (Wildman–Crippen MR) is 75.0 cm³/mol. The molecule has 2 aromatic rings. The number of fused-ring (bicyclic) bond motifs is 1. The number of amides is 1. The van der Waals surface area contributed by atoms with Crippen molar-refractivity contribution in [2.45, 2.75) is 24.5 Å². The molecule has 0 saturated heterocycles. The molecule has 2 aromatic heterocycles. The highest BCUT2D eigenvalue weighted by Gasteiger charge is 2.30. The topological polar surface area (TPSA) is 85.3 Å². The molecule has 0 aliphatic carbocycles. The molecule has 0 aliphatic rings. The van der Waals surface area contributed by atoms with Gasteiger partial charge in [-0.1, -0.05) is 24.8 Å². The first-order valence-electron chi connectivity index (χ1n) is 6.04. The lowest BCUT2D eigenvalue weighted by molar-refractivity contribution is -0.122. The lowest BCUT2D eigenvalue weighted by Gasteiger charge is -2.25. The summed E-state index contributed by atoms with van der Waals surface area (Å²) >= 11 is 1.46. The number of primary amides is 1. The van der Waals surface area contributed by atoms with E-state index in [9.17, 15) is 4.79 Å². The van der Waals surface area contributed by atoms with Crippen LogP contribution in [0.15, 0.2) is 29.6 Å². The van der Waals surface area contributed by atoms with Crippen LogP contribution >= 0.6 is 11.8 Å². The molecule has 102 valence electrons. The van der Waals surface area contributed by atoms with Gasteiger partial charge in [0, 0.05) is 11.9 Å². The number of pyridine rings is 1. The third-order valence-electron chi connectivity index (χ3n) is 2.88. The minimum absolute atomic E-state index is 0.365. The lowest BCUT2D eigenvalue weighted by Crippen LogP contribution is -2.55. The third kappa shape index (κ3) is 2.87. The molecule has 7 heteroatoms. The summed E-state index contributed by atoms with van der Waals surface area (Å²) < 4.78 is 1.89. The number of hydrogen-bond donors (Lipinski definition) is 2. The Hall–Kier alpha value is -1.60. The molecule has 0 aliphatic heterocycles. The number of nitrogens with zero attached hydrogens (tertiary/aromatic N) is 3. The van der Waals surface area contributed by atoms with Gasteiger partial charge in [0.15, 0.2) is 10.8 Å².